The van der Waals surface area contributed by atoms with Gasteiger partial charge in [-0.2, -0.15) is 0 Å². The summed E-state index contributed by atoms with van der Waals surface area (Å²) in [6.07, 6.45) is 3.78. The van der Waals surface area contributed by atoms with Gasteiger partial charge in [0.25, 0.3) is 0 Å². The van der Waals surface area contributed by atoms with Crippen LogP contribution in [0.4, 0.5) is 0 Å². The normalized spacial score (nSPS) is 21.7. The van der Waals surface area contributed by atoms with Crippen LogP contribution in [0.2, 0.25) is 0 Å². The van der Waals surface area contributed by atoms with Crippen LogP contribution in [0.1, 0.15) is 40.1 Å². The monoisotopic (exact) mass is 249 g/mol. The molecule has 3 heteroatoms. The molecule has 2 heterocycles. The first kappa shape index (κ1) is 10.5. The number of hydrogen-bond acceptors (Lipinski definition) is 3. The second-order valence-corrected chi connectivity index (χ2v) is 6.32. The molecule has 84 valence electrons. The molecular weight excluding hydrogens is 234 g/mol. The zero-order chi connectivity index (χ0) is 11.0. The molecule has 2 unspecified atom stereocenters. The zero-order valence-corrected chi connectivity index (χ0v) is 10.7. The van der Waals surface area contributed by atoms with E-state index in [-0.39, 0.29) is 6.04 Å². The largest absolute Gasteiger partial charge is 0.323 e. The van der Waals surface area contributed by atoms with Gasteiger partial charge in [0.15, 0.2) is 0 Å². The van der Waals surface area contributed by atoms with Gasteiger partial charge in [-0.25, -0.2) is 0 Å². The predicted molar refractivity (Wildman–Crippen MR) is 71.2 cm³/mol. The smallest absolute Gasteiger partial charge is 0.0459 e. The van der Waals surface area contributed by atoms with Crippen molar-refractivity contribution >= 4 is 22.7 Å². The van der Waals surface area contributed by atoms with Gasteiger partial charge in [0.1, 0.15) is 0 Å². The Labute approximate surface area is 104 Å². The fourth-order valence-electron chi connectivity index (χ4n) is 2.57. The van der Waals surface area contributed by atoms with Gasteiger partial charge in [0.05, 0.1) is 0 Å². The van der Waals surface area contributed by atoms with Gasteiger partial charge in [0.2, 0.25) is 0 Å². The Morgan fingerprint density at radius 1 is 1.25 bits per heavy atom. The van der Waals surface area contributed by atoms with E-state index in [1.807, 2.05) is 11.3 Å². The highest BCUT2D eigenvalue weighted by Crippen LogP contribution is 2.41. The minimum atomic E-state index is 0.189. The molecule has 0 aliphatic heterocycles. The summed E-state index contributed by atoms with van der Waals surface area (Å²) in [6, 6.07) is 6.72. The summed E-state index contributed by atoms with van der Waals surface area (Å²) < 4.78 is 0. The molecule has 0 fully saturated rings. The van der Waals surface area contributed by atoms with Crippen molar-refractivity contribution < 1.29 is 0 Å². The molecule has 1 aliphatic carbocycles. The first-order chi connectivity index (χ1) is 7.86. The summed E-state index contributed by atoms with van der Waals surface area (Å²) in [7, 11) is 0. The maximum atomic E-state index is 6.40. The van der Waals surface area contributed by atoms with E-state index in [2.05, 4.69) is 29.0 Å². The van der Waals surface area contributed by atoms with E-state index in [1.54, 1.807) is 16.2 Å². The summed E-state index contributed by atoms with van der Waals surface area (Å²) in [5.41, 5.74) is 7.91. The number of thiophene rings is 2. The van der Waals surface area contributed by atoms with E-state index in [4.69, 9.17) is 5.73 Å². The summed E-state index contributed by atoms with van der Waals surface area (Å²) in [6.45, 7) is 0. The lowest BCUT2D eigenvalue weighted by atomic mass is 9.82. The van der Waals surface area contributed by atoms with Crippen LogP contribution in [-0.2, 0) is 6.42 Å². The predicted octanol–water partition coefficient (Wildman–Crippen LogP) is 3.93. The Balaban J connectivity index is 1.92. The van der Waals surface area contributed by atoms with Gasteiger partial charge in [-0.3, -0.25) is 0 Å². The molecule has 2 aromatic heterocycles. The maximum absolute atomic E-state index is 6.40. The Hall–Kier alpha value is -0.640. The van der Waals surface area contributed by atoms with Crippen molar-refractivity contribution in [1.29, 1.82) is 0 Å². The second kappa shape index (κ2) is 4.32. The van der Waals surface area contributed by atoms with E-state index in [0.717, 1.165) is 0 Å². The topological polar surface area (TPSA) is 26.0 Å². The highest BCUT2D eigenvalue weighted by molar-refractivity contribution is 7.10. The highest BCUT2D eigenvalue weighted by Gasteiger charge is 2.27. The summed E-state index contributed by atoms with van der Waals surface area (Å²) in [5, 5.41) is 4.33. The van der Waals surface area contributed by atoms with Crippen molar-refractivity contribution in [3.63, 3.8) is 0 Å². The molecule has 0 radical (unpaired) electrons. The van der Waals surface area contributed by atoms with Crippen molar-refractivity contribution in [1.82, 2.24) is 0 Å². The number of rotatable bonds is 2. The van der Waals surface area contributed by atoms with Crippen LogP contribution in [0.5, 0.6) is 0 Å². The van der Waals surface area contributed by atoms with Crippen molar-refractivity contribution in [3.05, 3.63) is 44.3 Å². The van der Waals surface area contributed by atoms with Crippen molar-refractivity contribution in [3.8, 4) is 0 Å². The van der Waals surface area contributed by atoms with Crippen molar-refractivity contribution in [2.75, 3.05) is 0 Å². The summed E-state index contributed by atoms with van der Waals surface area (Å²) >= 11 is 3.67. The standard InChI is InChI=1S/C13H15NS2/c14-13(12-5-2-7-15-12)10-3-1-4-11-9(10)6-8-16-11/h2,5-8,10,13H,1,3-4,14H2. The molecule has 0 bridgehead atoms. The van der Waals surface area contributed by atoms with Gasteiger partial charge < -0.3 is 5.73 Å². The van der Waals surface area contributed by atoms with Gasteiger partial charge in [-0.15, -0.1) is 22.7 Å². The molecule has 2 N–H and O–H groups in total. The van der Waals surface area contributed by atoms with Crippen LogP contribution in [0, 0.1) is 0 Å². The van der Waals surface area contributed by atoms with Crippen LogP contribution >= 0.6 is 22.7 Å². The summed E-state index contributed by atoms with van der Waals surface area (Å²) in [5.74, 6) is 0.536. The van der Waals surface area contributed by atoms with Gasteiger partial charge in [0, 0.05) is 21.7 Å². The molecule has 0 spiro atoms. The first-order valence-electron chi connectivity index (χ1n) is 5.71. The molecular formula is C13H15NS2. The van der Waals surface area contributed by atoms with E-state index < -0.39 is 0 Å². The van der Waals surface area contributed by atoms with E-state index in [0.29, 0.717) is 5.92 Å². The Morgan fingerprint density at radius 3 is 3.00 bits per heavy atom. The van der Waals surface area contributed by atoms with E-state index >= 15 is 0 Å². The maximum Gasteiger partial charge on any atom is 0.0459 e. The molecule has 0 saturated carbocycles. The van der Waals surface area contributed by atoms with E-state index in [1.165, 1.54) is 29.7 Å². The minimum absolute atomic E-state index is 0.189. The van der Waals surface area contributed by atoms with Crippen LogP contribution in [0.25, 0.3) is 0 Å². The Morgan fingerprint density at radius 2 is 2.19 bits per heavy atom. The zero-order valence-electron chi connectivity index (χ0n) is 9.06. The molecule has 2 aromatic rings. The lowest BCUT2D eigenvalue weighted by Gasteiger charge is -2.27. The molecule has 1 aliphatic rings. The van der Waals surface area contributed by atoms with Gasteiger partial charge >= 0.3 is 0 Å². The molecule has 1 nitrogen and oxygen atoms in total. The molecule has 0 saturated heterocycles. The Bertz CT molecular complexity index is 458. The molecule has 0 aromatic carbocycles. The number of aryl methyl sites for hydroxylation is 1. The van der Waals surface area contributed by atoms with Crippen LogP contribution < -0.4 is 5.73 Å². The van der Waals surface area contributed by atoms with Gasteiger partial charge in [-0.05, 0) is 47.7 Å². The third-order valence-electron chi connectivity index (χ3n) is 3.40. The average molecular weight is 249 g/mol. The van der Waals surface area contributed by atoms with Gasteiger partial charge in [-0.1, -0.05) is 6.07 Å². The number of hydrogen-bond donors (Lipinski definition) is 1. The lowest BCUT2D eigenvalue weighted by molar-refractivity contribution is 0.484. The third-order valence-corrected chi connectivity index (χ3v) is 5.37. The second-order valence-electron chi connectivity index (χ2n) is 4.34. The lowest BCUT2D eigenvalue weighted by Crippen LogP contribution is -2.21. The average Bonchev–Trinajstić information content (AvgIpc) is 2.98. The minimum Gasteiger partial charge on any atom is -0.323 e. The quantitative estimate of drug-likeness (QED) is 0.857. The summed E-state index contributed by atoms with van der Waals surface area (Å²) in [4.78, 5) is 2.88. The van der Waals surface area contributed by atoms with E-state index in [9.17, 15) is 0 Å². The third kappa shape index (κ3) is 1.73. The SMILES string of the molecule is NC(c1cccs1)C1CCCc2sccc21. The van der Waals surface area contributed by atoms with Crippen molar-refractivity contribution in [2.45, 2.75) is 31.2 Å². The van der Waals surface area contributed by atoms with Crippen LogP contribution in [-0.4, -0.2) is 0 Å². The number of nitrogens with two attached hydrogens (primary N) is 1. The Kier molecular flexibility index (Phi) is 2.84. The fraction of sp³-hybridized carbons (Fsp3) is 0.385. The fourth-order valence-corrected chi connectivity index (χ4v) is 4.36. The first-order valence-corrected chi connectivity index (χ1v) is 7.47. The van der Waals surface area contributed by atoms with Crippen molar-refractivity contribution in [2.24, 2.45) is 5.73 Å². The van der Waals surface area contributed by atoms with Crippen LogP contribution in [0.15, 0.2) is 29.0 Å². The molecule has 0 amide bonds. The number of fused-ring (bicyclic) bond motifs is 1. The molecule has 2 atom stereocenters. The highest BCUT2D eigenvalue weighted by atomic mass is 32.1. The molecule has 16 heavy (non-hydrogen) atoms. The van der Waals surface area contributed by atoms with Crippen LogP contribution in [0.3, 0.4) is 0 Å². The molecule has 3 rings (SSSR count).